The Morgan fingerprint density at radius 1 is 1.42 bits per heavy atom. The van der Waals surface area contributed by atoms with E-state index in [0.717, 1.165) is 29.8 Å². The summed E-state index contributed by atoms with van der Waals surface area (Å²) in [7, 11) is 1.86. The highest BCUT2D eigenvalue weighted by atomic mass is 16.2. The Hall–Kier alpha value is -1.88. The molecular formula is C14H17N3O2. The van der Waals surface area contributed by atoms with E-state index in [2.05, 4.69) is 16.0 Å². The van der Waals surface area contributed by atoms with Crippen LogP contribution in [0.4, 0.5) is 11.4 Å². The number of carbonyl (C=O) groups excluding carboxylic acids is 2. The van der Waals surface area contributed by atoms with Gasteiger partial charge in [-0.25, -0.2) is 0 Å². The van der Waals surface area contributed by atoms with Crippen molar-refractivity contribution in [3.05, 3.63) is 23.8 Å². The van der Waals surface area contributed by atoms with E-state index in [1.165, 1.54) is 0 Å². The molecule has 1 saturated carbocycles. The van der Waals surface area contributed by atoms with Crippen LogP contribution in [-0.4, -0.2) is 25.4 Å². The van der Waals surface area contributed by atoms with E-state index < -0.39 is 0 Å². The van der Waals surface area contributed by atoms with Crippen LogP contribution in [0, 0.1) is 5.41 Å². The van der Waals surface area contributed by atoms with Crippen LogP contribution in [0.5, 0.6) is 0 Å². The van der Waals surface area contributed by atoms with Crippen LogP contribution in [0.2, 0.25) is 0 Å². The number of amides is 2. The summed E-state index contributed by atoms with van der Waals surface area (Å²) in [5.41, 5.74) is 2.32. The van der Waals surface area contributed by atoms with Crippen molar-refractivity contribution in [3.8, 4) is 0 Å². The Morgan fingerprint density at radius 2 is 2.21 bits per heavy atom. The highest BCUT2D eigenvalue weighted by Crippen LogP contribution is 2.46. The van der Waals surface area contributed by atoms with Crippen LogP contribution < -0.4 is 16.0 Å². The number of benzene rings is 1. The van der Waals surface area contributed by atoms with Crippen LogP contribution in [0.3, 0.4) is 0 Å². The van der Waals surface area contributed by atoms with Crippen LogP contribution >= 0.6 is 0 Å². The molecule has 0 radical (unpaired) electrons. The number of rotatable bonds is 4. The molecule has 1 aromatic rings. The minimum absolute atomic E-state index is 0.00678. The fourth-order valence-electron chi connectivity index (χ4n) is 2.54. The van der Waals surface area contributed by atoms with Gasteiger partial charge in [-0.1, -0.05) is 0 Å². The van der Waals surface area contributed by atoms with Gasteiger partial charge in [-0.15, -0.1) is 0 Å². The van der Waals surface area contributed by atoms with Crippen molar-refractivity contribution >= 4 is 23.2 Å². The largest absolute Gasteiger partial charge is 0.326 e. The topological polar surface area (TPSA) is 70.2 Å². The Morgan fingerprint density at radius 3 is 2.89 bits per heavy atom. The predicted molar refractivity (Wildman–Crippen MR) is 73.0 cm³/mol. The van der Waals surface area contributed by atoms with Crippen LogP contribution in [0.15, 0.2) is 18.2 Å². The first-order chi connectivity index (χ1) is 9.13. The molecule has 1 aliphatic heterocycles. The maximum Gasteiger partial charge on any atom is 0.231 e. The minimum Gasteiger partial charge on any atom is -0.326 e. The molecule has 0 atom stereocenters. The second-order valence-electron chi connectivity index (χ2n) is 5.36. The summed E-state index contributed by atoms with van der Waals surface area (Å²) in [5, 5.41) is 8.80. The van der Waals surface area contributed by atoms with Crippen molar-refractivity contribution in [2.24, 2.45) is 5.41 Å². The third-order valence-corrected chi connectivity index (χ3v) is 3.84. The van der Waals surface area contributed by atoms with Crippen molar-refractivity contribution in [1.82, 2.24) is 5.32 Å². The molecule has 5 nitrogen and oxygen atoms in total. The van der Waals surface area contributed by atoms with Crippen LogP contribution in [0.25, 0.3) is 0 Å². The number of hydrogen-bond donors (Lipinski definition) is 3. The van der Waals surface area contributed by atoms with Gasteiger partial charge in [0, 0.05) is 17.9 Å². The normalized spacial score (nSPS) is 18.7. The number of carbonyl (C=O) groups is 2. The molecule has 19 heavy (non-hydrogen) atoms. The summed E-state index contributed by atoms with van der Waals surface area (Å²) in [5.74, 6) is 0.0754. The summed E-state index contributed by atoms with van der Waals surface area (Å²) in [6.07, 6.45) is 2.26. The zero-order chi connectivity index (χ0) is 13.5. The molecule has 0 aromatic heterocycles. The molecule has 2 aliphatic rings. The van der Waals surface area contributed by atoms with Crippen molar-refractivity contribution in [1.29, 1.82) is 0 Å². The molecule has 3 rings (SSSR count). The third-order valence-electron chi connectivity index (χ3n) is 3.84. The van der Waals surface area contributed by atoms with Crippen LogP contribution in [0.1, 0.15) is 18.4 Å². The summed E-state index contributed by atoms with van der Waals surface area (Å²) in [6.45, 7) is 0.712. The minimum atomic E-state index is -0.234. The van der Waals surface area contributed by atoms with E-state index in [9.17, 15) is 9.59 Å². The zero-order valence-corrected chi connectivity index (χ0v) is 10.9. The molecule has 2 amide bonds. The summed E-state index contributed by atoms with van der Waals surface area (Å²) >= 11 is 0. The first-order valence-electron chi connectivity index (χ1n) is 6.52. The van der Waals surface area contributed by atoms with Gasteiger partial charge in [-0.3, -0.25) is 9.59 Å². The highest BCUT2D eigenvalue weighted by Gasteiger charge is 2.49. The monoisotopic (exact) mass is 259 g/mol. The Kier molecular flexibility index (Phi) is 2.78. The van der Waals surface area contributed by atoms with Gasteiger partial charge >= 0.3 is 0 Å². The molecule has 100 valence electrons. The van der Waals surface area contributed by atoms with Gasteiger partial charge in [0.15, 0.2) is 0 Å². The lowest BCUT2D eigenvalue weighted by Gasteiger charge is -2.15. The lowest BCUT2D eigenvalue weighted by Crippen LogP contribution is -2.32. The summed E-state index contributed by atoms with van der Waals surface area (Å²) in [4.78, 5) is 23.5. The van der Waals surface area contributed by atoms with Crippen LogP contribution in [-0.2, 0) is 16.0 Å². The van der Waals surface area contributed by atoms with Crippen molar-refractivity contribution < 1.29 is 9.59 Å². The molecule has 3 N–H and O–H groups in total. The average Bonchev–Trinajstić information content (AvgIpc) is 3.05. The van der Waals surface area contributed by atoms with E-state index >= 15 is 0 Å². The number of anilines is 2. The molecule has 1 heterocycles. The molecule has 0 spiro atoms. The number of fused-ring (bicyclic) bond motifs is 1. The Labute approximate surface area is 111 Å². The lowest BCUT2D eigenvalue weighted by molar-refractivity contribution is -0.121. The van der Waals surface area contributed by atoms with E-state index in [1.807, 2.05) is 25.2 Å². The lowest BCUT2D eigenvalue weighted by atomic mass is 10.1. The third kappa shape index (κ3) is 2.21. The predicted octanol–water partition coefficient (Wildman–Crippen LogP) is 1.12. The van der Waals surface area contributed by atoms with Gasteiger partial charge < -0.3 is 16.0 Å². The fraction of sp³-hybridized carbons (Fsp3) is 0.429. The first kappa shape index (κ1) is 12.2. The van der Waals surface area contributed by atoms with E-state index in [-0.39, 0.29) is 17.2 Å². The highest BCUT2D eigenvalue weighted by molar-refractivity contribution is 6.01. The average molecular weight is 259 g/mol. The summed E-state index contributed by atoms with van der Waals surface area (Å²) in [6, 6.07) is 5.55. The maximum atomic E-state index is 12.2. The SMILES string of the molecule is CNCC1(C(=O)Nc2ccc3c(c2)CC(=O)N3)CC1. The molecule has 0 bridgehead atoms. The van der Waals surface area contributed by atoms with E-state index in [1.54, 1.807) is 0 Å². The second kappa shape index (κ2) is 4.35. The number of nitrogens with one attached hydrogen (secondary N) is 3. The van der Waals surface area contributed by atoms with Gasteiger partial charge in [-0.2, -0.15) is 0 Å². The number of hydrogen-bond acceptors (Lipinski definition) is 3. The maximum absolute atomic E-state index is 12.2. The van der Waals surface area contributed by atoms with Crippen molar-refractivity contribution in [2.75, 3.05) is 24.2 Å². The van der Waals surface area contributed by atoms with E-state index in [4.69, 9.17) is 0 Å². The molecular weight excluding hydrogens is 242 g/mol. The first-order valence-corrected chi connectivity index (χ1v) is 6.52. The second-order valence-corrected chi connectivity index (χ2v) is 5.36. The molecule has 0 unspecified atom stereocenters. The van der Waals surface area contributed by atoms with E-state index in [0.29, 0.717) is 13.0 Å². The van der Waals surface area contributed by atoms with Crippen molar-refractivity contribution in [2.45, 2.75) is 19.3 Å². The van der Waals surface area contributed by atoms with Gasteiger partial charge in [0.1, 0.15) is 0 Å². The molecule has 0 saturated heterocycles. The summed E-state index contributed by atoms with van der Waals surface area (Å²) < 4.78 is 0. The molecule has 1 fully saturated rings. The van der Waals surface area contributed by atoms with Crippen molar-refractivity contribution in [3.63, 3.8) is 0 Å². The van der Waals surface area contributed by atoms with Gasteiger partial charge in [-0.05, 0) is 43.7 Å². The smallest absolute Gasteiger partial charge is 0.231 e. The standard InChI is InChI=1S/C14H17N3O2/c1-15-8-14(4-5-14)13(19)16-10-2-3-11-9(6-10)7-12(18)17-11/h2-3,6,15H,4-5,7-8H2,1H3,(H,16,19)(H,17,18). The molecule has 1 aliphatic carbocycles. The van der Waals surface area contributed by atoms with Gasteiger partial charge in [0.05, 0.1) is 11.8 Å². The van der Waals surface area contributed by atoms with Gasteiger partial charge in [0.25, 0.3) is 0 Å². The zero-order valence-electron chi connectivity index (χ0n) is 10.9. The Balaban J connectivity index is 1.73. The van der Waals surface area contributed by atoms with Gasteiger partial charge in [0.2, 0.25) is 11.8 Å². The quantitative estimate of drug-likeness (QED) is 0.759. The Bertz CT molecular complexity index is 550. The molecule has 1 aromatic carbocycles. The fourth-order valence-corrected chi connectivity index (χ4v) is 2.54. The molecule has 5 heteroatoms.